The van der Waals surface area contributed by atoms with Crippen LogP contribution in [0.25, 0.3) is 11.4 Å². The van der Waals surface area contributed by atoms with Crippen molar-refractivity contribution in [2.45, 2.75) is 33.2 Å². The summed E-state index contributed by atoms with van der Waals surface area (Å²) in [6.45, 7) is 7.50. The van der Waals surface area contributed by atoms with Crippen LogP contribution in [0.5, 0.6) is 0 Å². The van der Waals surface area contributed by atoms with Crippen molar-refractivity contribution in [3.8, 4) is 11.4 Å². The van der Waals surface area contributed by atoms with Crippen LogP contribution in [0.15, 0.2) is 33.8 Å². The highest BCUT2D eigenvalue weighted by Crippen LogP contribution is 2.19. The van der Waals surface area contributed by atoms with Crippen LogP contribution in [0.1, 0.15) is 32.6 Å². The van der Waals surface area contributed by atoms with Crippen molar-refractivity contribution in [3.05, 3.63) is 35.2 Å². The molecule has 0 amide bonds. The molecule has 0 aliphatic rings. The van der Waals surface area contributed by atoms with Gasteiger partial charge in [-0.2, -0.15) is 4.98 Å². The minimum atomic E-state index is 0.307. The Hall–Kier alpha value is -2.12. The summed E-state index contributed by atoms with van der Waals surface area (Å²) in [5.74, 6) is 1.69. The lowest BCUT2D eigenvalue weighted by molar-refractivity contribution is 0.143. The zero-order chi connectivity index (χ0) is 18.6. The molecule has 2 N–H and O–H groups in total. The van der Waals surface area contributed by atoms with E-state index >= 15 is 0 Å². The summed E-state index contributed by atoms with van der Waals surface area (Å²) < 4.78 is 10.6. The normalized spacial score (nSPS) is 11.6. The molecule has 1 aromatic carbocycles. The maximum atomic E-state index is 6.00. The van der Waals surface area contributed by atoms with E-state index in [1.165, 1.54) is 0 Å². The molecule has 0 atom stereocenters. The van der Waals surface area contributed by atoms with E-state index in [-0.39, 0.29) is 0 Å². The molecule has 2 rings (SSSR count). The highest BCUT2D eigenvalue weighted by molar-refractivity contribution is 6.30. The molecule has 7 nitrogen and oxygen atoms in total. The molecule has 0 unspecified atom stereocenters. The van der Waals surface area contributed by atoms with E-state index in [1.807, 2.05) is 26.0 Å². The number of aliphatic imine (C=N–C) groups is 1. The average Bonchev–Trinajstić information content (AvgIpc) is 3.11. The second-order valence-corrected chi connectivity index (χ2v) is 5.98. The highest BCUT2D eigenvalue weighted by Gasteiger charge is 2.09. The lowest BCUT2D eigenvalue weighted by atomic mass is 10.2. The maximum absolute atomic E-state index is 6.00. The lowest BCUT2D eigenvalue weighted by Crippen LogP contribution is -2.37. The van der Waals surface area contributed by atoms with E-state index in [9.17, 15) is 0 Å². The Bertz CT molecular complexity index is 690. The van der Waals surface area contributed by atoms with Gasteiger partial charge in [-0.15, -0.1) is 0 Å². The predicted octanol–water partition coefficient (Wildman–Crippen LogP) is 3.26. The van der Waals surface area contributed by atoms with Crippen LogP contribution in [-0.4, -0.2) is 42.4 Å². The topological polar surface area (TPSA) is 84.6 Å². The number of hydrogen-bond donors (Lipinski definition) is 2. The third-order valence-electron chi connectivity index (χ3n) is 3.48. The van der Waals surface area contributed by atoms with Gasteiger partial charge in [-0.3, -0.25) is 0 Å². The van der Waals surface area contributed by atoms with Crippen molar-refractivity contribution >= 4 is 17.6 Å². The van der Waals surface area contributed by atoms with Gasteiger partial charge < -0.3 is 19.9 Å². The van der Waals surface area contributed by atoms with E-state index in [0.717, 1.165) is 50.7 Å². The van der Waals surface area contributed by atoms with E-state index in [0.29, 0.717) is 23.3 Å². The maximum Gasteiger partial charge on any atom is 0.248 e. The molecule has 1 heterocycles. The van der Waals surface area contributed by atoms with Gasteiger partial charge in [0, 0.05) is 36.9 Å². The van der Waals surface area contributed by atoms with Crippen LogP contribution < -0.4 is 10.6 Å². The minimum absolute atomic E-state index is 0.307. The fourth-order valence-corrected chi connectivity index (χ4v) is 2.42. The first kappa shape index (κ1) is 20.2. The van der Waals surface area contributed by atoms with E-state index < -0.39 is 0 Å². The van der Waals surface area contributed by atoms with E-state index in [4.69, 9.17) is 20.9 Å². The Morgan fingerprint density at radius 2 is 2.15 bits per heavy atom. The standard InChI is InChI=1S/C18H26ClN5O2/c1-3-20-18(21-10-5-6-11-25-4-2)22-13-16-23-17(24-26-16)14-8-7-9-15(19)12-14/h7-9,12H,3-6,10-11,13H2,1-2H3,(H2,20,21,22). The van der Waals surface area contributed by atoms with Crippen molar-refractivity contribution in [2.75, 3.05) is 26.3 Å². The Kier molecular flexibility index (Phi) is 8.92. The fraction of sp³-hybridized carbons (Fsp3) is 0.500. The van der Waals surface area contributed by atoms with Gasteiger partial charge in [0.15, 0.2) is 5.96 Å². The zero-order valence-electron chi connectivity index (χ0n) is 15.3. The number of ether oxygens (including phenoxy) is 1. The third-order valence-corrected chi connectivity index (χ3v) is 3.71. The molecular formula is C18H26ClN5O2. The van der Waals surface area contributed by atoms with Crippen LogP contribution in [0.4, 0.5) is 0 Å². The summed E-state index contributed by atoms with van der Waals surface area (Å²) >= 11 is 6.00. The first-order valence-electron chi connectivity index (χ1n) is 8.91. The van der Waals surface area contributed by atoms with Crippen LogP contribution in [0, 0.1) is 0 Å². The Morgan fingerprint density at radius 1 is 1.27 bits per heavy atom. The van der Waals surface area contributed by atoms with Crippen molar-refractivity contribution in [2.24, 2.45) is 4.99 Å². The molecule has 0 aliphatic carbocycles. The molecule has 0 spiro atoms. The number of guanidine groups is 1. The van der Waals surface area contributed by atoms with Crippen molar-refractivity contribution < 1.29 is 9.26 Å². The van der Waals surface area contributed by atoms with E-state index in [1.54, 1.807) is 12.1 Å². The highest BCUT2D eigenvalue weighted by atomic mass is 35.5. The smallest absolute Gasteiger partial charge is 0.248 e. The summed E-state index contributed by atoms with van der Waals surface area (Å²) in [4.78, 5) is 8.85. The number of nitrogens with one attached hydrogen (secondary N) is 2. The summed E-state index contributed by atoms with van der Waals surface area (Å²) in [6, 6.07) is 7.34. The third kappa shape index (κ3) is 7.01. The van der Waals surface area contributed by atoms with Gasteiger partial charge in [-0.1, -0.05) is 28.9 Å². The van der Waals surface area contributed by atoms with Gasteiger partial charge in [0.25, 0.3) is 0 Å². The van der Waals surface area contributed by atoms with Crippen molar-refractivity contribution in [3.63, 3.8) is 0 Å². The van der Waals surface area contributed by atoms with Gasteiger partial charge in [0.2, 0.25) is 11.7 Å². The summed E-state index contributed by atoms with van der Waals surface area (Å²) in [5.41, 5.74) is 0.816. The van der Waals surface area contributed by atoms with Crippen molar-refractivity contribution in [1.82, 2.24) is 20.8 Å². The Morgan fingerprint density at radius 3 is 2.92 bits per heavy atom. The number of unbranched alkanes of at least 4 members (excludes halogenated alkanes) is 1. The summed E-state index contributed by atoms with van der Waals surface area (Å²) in [6.07, 6.45) is 2.04. The van der Waals surface area contributed by atoms with Crippen LogP contribution in [0.2, 0.25) is 5.02 Å². The molecule has 142 valence electrons. The van der Waals surface area contributed by atoms with Gasteiger partial charge in [0.1, 0.15) is 6.54 Å². The molecule has 8 heteroatoms. The van der Waals surface area contributed by atoms with Gasteiger partial charge in [-0.25, -0.2) is 4.99 Å². The number of halogens is 1. The van der Waals surface area contributed by atoms with Crippen LogP contribution >= 0.6 is 11.6 Å². The number of nitrogens with zero attached hydrogens (tertiary/aromatic N) is 3. The molecule has 0 fully saturated rings. The zero-order valence-corrected chi connectivity index (χ0v) is 16.1. The second-order valence-electron chi connectivity index (χ2n) is 5.55. The molecule has 1 aromatic heterocycles. The quantitative estimate of drug-likeness (QED) is 0.374. The fourth-order valence-electron chi connectivity index (χ4n) is 2.23. The van der Waals surface area contributed by atoms with E-state index in [2.05, 4.69) is 25.8 Å². The molecule has 26 heavy (non-hydrogen) atoms. The molecular weight excluding hydrogens is 354 g/mol. The Labute approximate surface area is 159 Å². The first-order chi connectivity index (χ1) is 12.7. The largest absolute Gasteiger partial charge is 0.382 e. The van der Waals surface area contributed by atoms with Crippen LogP contribution in [-0.2, 0) is 11.3 Å². The molecule has 2 aromatic rings. The molecule has 0 bridgehead atoms. The number of hydrogen-bond acceptors (Lipinski definition) is 5. The average molecular weight is 380 g/mol. The first-order valence-corrected chi connectivity index (χ1v) is 9.29. The van der Waals surface area contributed by atoms with Gasteiger partial charge >= 0.3 is 0 Å². The predicted molar refractivity (Wildman–Crippen MR) is 103 cm³/mol. The van der Waals surface area contributed by atoms with Crippen molar-refractivity contribution in [1.29, 1.82) is 0 Å². The SMILES string of the molecule is CCNC(=NCc1nc(-c2cccc(Cl)c2)no1)NCCCCOCC. The molecule has 0 saturated carbocycles. The molecule has 0 aliphatic heterocycles. The second kappa shape index (κ2) is 11.5. The summed E-state index contributed by atoms with van der Waals surface area (Å²) in [7, 11) is 0. The summed E-state index contributed by atoms with van der Waals surface area (Å²) in [5, 5.41) is 11.1. The van der Waals surface area contributed by atoms with Crippen LogP contribution in [0.3, 0.4) is 0 Å². The number of benzene rings is 1. The number of aromatic nitrogens is 2. The minimum Gasteiger partial charge on any atom is -0.382 e. The number of rotatable bonds is 10. The van der Waals surface area contributed by atoms with Gasteiger partial charge in [-0.05, 0) is 38.8 Å². The monoisotopic (exact) mass is 379 g/mol. The Balaban J connectivity index is 1.86. The molecule has 0 radical (unpaired) electrons. The lowest BCUT2D eigenvalue weighted by Gasteiger charge is -2.10. The molecule has 0 saturated heterocycles. The van der Waals surface area contributed by atoms with Gasteiger partial charge in [0.05, 0.1) is 0 Å².